The highest BCUT2D eigenvalue weighted by molar-refractivity contribution is 7.11. The van der Waals surface area contributed by atoms with E-state index in [1.165, 1.54) is 9.88 Å². The maximum atomic E-state index is 5.35. The predicted molar refractivity (Wildman–Crippen MR) is 74.8 cm³/mol. The van der Waals surface area contributed by atoms with Crippen LogP contribution in [0.25, 0.3) is 0 Å². The molecule has 5 heteroatoms. The number of thiazole rings is 1. The third-order valence-corrected chi connectivity index (χ3v) is 3.90. The second-order valence-corrected chi connectivity index (χ2v) is 6.33. The van der Waals surface area contributed by atoms with Gasteiger partial charge in [-0.1, -0.05) is 13.8 Å². The highest BCUT2D eigenvalue weighted by Gasteiger charge is 2.12. The summed E-state index contributed by atoms with van der Waals surface area (Å²) in [5.41, 5.74) is 0. The summed E-state index contributed by atoms with van der Waals surface area (Å²) >= 11 is 1.82. The summed E-state index contributed by atoms with van der Waals surface area (Å²) in [5, 5.41) is 4.68. The van der Waals surface area contributed by atoms with Crippen LogP contribution in [0, 0.1) is 5.92 Å². The fourth-order valence-electron chi connectivity index (χ4n) is 1.94. The van der Waals surface area contributed by atoms with E-state index in [-0.39, 0.29) is 0 Å². The molecule has 0 saturated carbocycles. The lowest BCUT2D eigenvalue weighted by Crippen LogP contribution is -2.35. The Kier molecular flexibility index (Phi) is 5.56. The molecular formula is C13H23N3OS. The van der Waals surface area contributed by atoms with Crippen molar-refractivity contribution in [3.63, 3.8) is 0 Å². The Bertz CT molecular complexity index is 348. The fraction of sp³-hybridized carbons (Fsp3) is 0.769. The van der Waals surface area contributed by atoms with Crippen LogP contribution in [0.4, 0.5) is 0 Å². The molecule has 2 rings (SSSR count). The molecule has 1 aromatic rings. The molecule has 1 fully saturated rings. The lowest BCUT2D eigenvalue weighted by molar-refractivity contribution is 0.0341. The number of morpholine rings is 1. The molecule has 1 N–H and O–H groups in total. The number of hydrogen-bond donors (Lipinski definition) is 1. The van der Waals surface area contributed by atoms with Gasteiger partial charge in [0.1, 0.15) is 5.01 Å². The Morgan fingerprint density at radius 1 is 1.44 bits per heavy atom. The minimum Gasteiger partial charge on any atom is -0.379 e. The first-order valence-corrected chi connectivity index (χ1v) is 7.50. The van der Waals surface area contributed by atoms with Crippen LogP contribution >= 0.6 is 11.3 Å². The number of ether oxygens (including phenoxy) is 1. The van der Waals surface area contributed by atoms with Crippen molar-refractivity contribution in [3.05, 3.63) is 16.1 Å². The second-order valence-electron chi connectivity index (χ2n) is 5.13. The minimum atomic E-state index is 0.700. The summed E-state index contributed by atoms with van der Waals surface area (Å²) in [7, 11) is 0. The highest BCUT2D eigenvalue weighted by atomic mass is 32.1. The van der Waals surface area contributed by atoms with Gasteiger partial charge in [-0.25, -0.2) is 4.98 Å². The van der Waals surface area contributed by atoms with Gasteiger partial charge in [0.05, 0.1) is 19.8 Å². The molecule has 1 aliphatic rings. The number of rotatable bonds is 6. The van der Waals surface area contributed by atoms with Crippen LogP contribution in [-0.2, 0) is 17.8 Å². The Labute approximate surface area is 113 Å². The van der Waals surface area contributed by atoms with Crippen molar-refractivity contribution in [2.75, 3.05) is 32.8 Å². The Morgan fingerprint density at radius 3 is 2.94 bits per heavy atom. The summed E-state index contributed by atoms with van der Waals surface area (Å²) < 4.78 is 5.35. The van der Waals surface area contributed by atoms with Crippen molar-refractivity contribution in [2.24, 2.45) is 5.92 Å². The van der Waals surface area contributed by atoms with Gasteiger partial charge in [-0.15, -0.1) is 11.3 Å². The highest BCUT2D eigenvalue weighted by Crippen LogP contribution is 2.15. The third-order valence-electron chi connectivity index (χ3n) is 2.92. The predicted octanol–water partition coefficient (Wildman–Crippen LogP) is 1.72. The number of nitrogens with zero attached hydrogens (tertiary/aromatic N) is 2. The fourth-order valence-corrected chi connectivity index (χ4v) is 2.87. The van der Waals surface area contributed by atoms with Gasteiger partial charge in [0.15, 0.2) is 0 Å². The lowest BCUT2D eigenvalue weighted by atomic mass is 10.2. The van der Waals surface area contributed by atoms with E-state index in [2.05, 4.69) is 29.0 Å². The van der Waals surface area contributed by atoms with Gasteiger partial charge in [0, 0.05) is 30.7 Å². The van der Waals surface area contributed by atoms with Crippen molar-refractivity contribution in [1.82, 2.24) is 15.2 Å². The molecule has 18 heavy (non-hydrogen) atoms. The van der Waals surface area contributed by atoms with Crippen molar-refractivity contribution in [2.45, 2.75) is 26.9 Å². The minimum absolute atomic E-state index is 0.700. The molecule has 0 spiro atoms. The summed E-state index contributed by atoms with van der Waals surface area (Å²) in [6, 6.07) is 0. The monoisotopic (exact) mass is 269 g/mol. The first-order valence-electron chi connectivity index (χ1n) is 6.68. The van der Waals surface area contributed by atoms with Crippen molar-refractivity contribution in [1.29, 1.82) is 0 Å². The first kappa shape index (κ1) is 13.9. The average Bonchev–Trinajstić information content (AvgIpc) is 2.78. The maximum absolute atomic E-state index is 5.35. The van der Waals surface area contributed by atoms with Crippen LogP contribution < -0.4 is 5.32 Å². The van der Waals surface area contributed by atoms with Gasteiger partial charge < -0.3 is 10.1 Å². The van der Waals surface area contributed by atoms with E-state index < -0.39 is 0 Å². The van der Waals surface area contributed by atoms with E-state index in [4.69, 9.17) is 4.74 Å². The van der Waals surface area contributed by atoms with Crippen LogP contribution in [0.2, 0.25) is 0 Å². The molecule has 0 aromatic carbocycles. The zero-order valence-corrected chi connectivity index (χ0v) is 12.1. The van der Waals surface area contributed by atoms with Crippen LogP contribution in [0.3, 0.4) is 0 Å². The van der Waals surface area contributed by atoms with Gasteiger partial charge in [0.2, 0.25) is 0 Å². The topological polar surface area (TPSA) is 37.4 Å². The van der Waals surface area contributed by atoms with Crippen molar-refractivity contribution in [3.8, 4) is 0 Å². The quantitative estimate of drug-likeness (QED) is 0.853. The normalized spacial score (nSPS) is 17.5. The van der Waals surface area contributed by atoms with E-state index in [1.54, 1.807) is 0 Å². The van der Waals surface area contributed by atoms with E-state index >= 15 is 0 Å². The lowest BCUT2D eigenvalue weighted by Gasteiger charge is -2.25. The van der Waals surface area contributed by atoms with E-state index in [0.717, 1.165) is 45.9 Å². The Morgan fingerprint density at radius 2 is 2.22 bits per heavy atom. The molecule has 1 saturated heterocycles. The summed E-state index contributed by atoms with van der Waals surface area (Å²) in [4.78, 5) is 8.25. The summed E-state index contributed by atoms with van der Waals surface area (Å²) in [6.45, 7) is 11.2. The largest absolute Gasteiger partial charge is 0.379 e. The van der Waals surface area contributed by atoms with E-state index in [9.17, 15) is 0 Å². The van der Waals surface area contributed by atoms with Gasteiger partial charge >= 0.3 is 0 Å². The molecule has 2 heterocycles. The molecule has 0 amide bonds. The summed E-state index contributed by atoms with van der Waals surface area (Å²) in [5.74, 6) is 0.700. The Hall–Kier alpha value is -0.490. The molecular weight excluding hydrogens is 246 g/mol. The molecule has 0 radical (unpaired) electrons. The number of hydrogen-bond acceptors (Lipinski definition) is 5. The molecule has 0 bridgehead atoms. The van der Waals surface area contributed by atoms with Gasteiger partial charge in [0.25, 0.3) is 0 Å². The molecule has 0 unspecified atom stereocenters. The molecule has 1 aliphatic heterocycles. The van der Waals surface area contributed by atoms with Crippen LogP contribution in [0.15, 0.2) is 6.20 Å². The SMILES string of the molecule is CC(C)CNCc1cnc(CN2CCOCC2)s1. The van der Waals surface area contributed by atoms with Crippen molar-refractivity contribution >= 4 is 11.3 Å². The van der Waals surface area contributed by atoms with Gasteiger partial charge in [-0.2, -0.15) is 0 Å². The second kappa shape index (κ2) is 7.19. The zero-order chi connectivity index (χ0) is 12.8. The zero-order valence-electron chi connectivity index (χ0n) is 11.3. The summed E-state index contributed by atoms with van der Waals surface area (Å²) in [6.07, 6.45) is 2.01. The maximum Gasteiger partial charge on any atom is 0.107 e. The van der Waals surface area contributed by atoms with E-state index in [1.807, 2.05) is 17.5 Å². The van der Waals surface area contributed by atoms with E-state index in [0.29, 0.717) is 5.92 Å². The number of nitrogens with one attached hydrogen (secondary N) is 1. The smallest absolute Gasteiger partial charge is 0.107 e. The number of aromatic nitrogens is 1. The van der Waals surface area contributed by atoms with Crippen LogP contribution in [0.5, 0.6) is 0 Å². The molecule has 1 aromatic heterocycles. The average molecular weight is 269 g/mol. The Balaban J connectivity index is 1.74. The molecule has 4 nitrogen and oxygen atoms in total. The van der Waals surface area contributed by atoms with Crippen molar-refractivity contribution < 1.29 is 4.74 Å². The molecule has 0 atom stereocenters. The van der Waals surface area contributed by atoms with Gasteiger partial charge in [-0.3, -0.25) is 4.90 Å². The first-order chi connectivity index (χ1) is 8.74. The van der Waals surface area contributed by atoms with Crippen LogP contribution in [-0.4, -0.2) is 42.7 Å². The molecule has 0 aliphatic carbocycles. The molecule has 102 valence electrons. The van der Waals surface area contributed by atoms with Gasteiger partial charge in [-0.05, 0) is 12.5 Å². The standard InChI is InChI=1S/C13H23N3OS/c1-11(2)7-14-8-12-9-15-13(18-12)10-16-3-5-17-6-4-16/h9,11,14H,3-8,10H2,1-2H3. The third kappa shape index (κ3) is 4.65. The van der Waals surface area contributed by atoms with Crippen LogP contribution in [0.1, 0.15) is 23.7 Å².